The lowest BCUT2D eigenvalue weighted by molar-refractivity contribution is 0.0587. The fourth-order valence-electron chi connectivity index (χ4n) is 3.54. The minimum atomic E-state index is -0.505. The third kappa shape index (κ3) is 4.39. The molecule has 2 aromatic rings. The summed E-state index contributed by atoms with van der Waals surface area (Å²) in [5, 5.41) is 0. The predicted molar refractivity (Wildman–Crippen MR) is 108 cm³/mol. The summed E-state index contributed by atoms with van der Waals surface area (Å²) < 4.78 is 19.8. The lowest BCUT2D eigenvalue weighted by Crippen LogP contribution is -2.41. The van der Waals surface area contributed by atoms with Crippen LogP contribution in [0.25, 0.3) is 0 Å². The van der Waals surface area contributed by atoms with Crippen molar-refractivity contribution in [3.05, 3.63) is 58.2 Å². The number of carbonyl (C=O) groups is 3. The first kappa shape index (κ1) is 22.3. The molecule has 2 rings (SSSR count). The Balaban J connectivity index is 2.40. The Hall–Kier alpha value is -2.96. The monoisotopic (exact) mass is 402 g/mol. The number of halogens is 1. The molecule has 0 saturated heterocycles. The first-order valence-corrected chi connectivity index (χ1v) is 9.51. The summed E-state index contributed by atoms with van der Waals surface area (Å²) >= 11 is 0. The molecule has 1 amide bonds. The normalized spacial score (nSPS) is 10.9. The number of benzene rings is 1. The molecule has 0 unspecified atom stereocenters. The summed E-state index contributed by atoms with van der Waals surface area (Å²) in [6.45, 7) is 9.34. The number of carbonyl (C=O) groups excluding carboxylic acids is 3. The minimum Gasteiger partial charge on any atom is -0.464 e. The van der Waals surface area contributed by atoms with Gasteiger partial charge in [0.2, 0.25) is 0 Å². The highest BCUT2D eigenvalue weighted by atomic mass is 19.1. The molecule has 0 aliphatic heterocycles. The molecule has 0 saturated carbocycles. The molecule has 6 nitrogen and oxygen atoms in total. The maximum Gasteiger partial charge on any atom is 0.354 e. The number of hydrogen-bond acceptors (Lipinski definition) is 4. The predicted octanol–water partition coefficient (Wildman–Crippen LogP) is 3.78. The minimum absolute atomic E-state index is 0.149. The van der Waals surface area contributed by atoms with Crippen molar-refractivity contribution >= 4 is 17.7 Å². The van der Waals surface area contributed by atoms with Crippen LogP contribution in [0.15, 0.2) is 24.3 Å². The van der Waals surface area contributed by atoms with E-state index in [4.69, 9.17) is 4.74 Å². The van der Waals surface area contributed by atoms with Gasteiger partial charge in [-0.2, -0.15) is 0 Å². The summed E-state index contributed by atoms with van der Waals surface area (Å²) in [5.41, 5.74) is 2.27. The van der Waals surface area contributed by atoms with Gasteiger partial charge in [0.25, 0.3) is 5.91 Å². The van der Waals surface area contributed by atoms with E-state index >= 15 is 0 Å². The third-order valence-corrected chi connectivity index (χ3v) is 5.03. The van der Waals surface area contributed by atoms with Gasteiger partial charge in [0, 0.05) is 29.4 Å². The molecule has 0 bridgehead atoms. The van der Waals surface area contributed by atoms with Crippen molar-refractivity contribution in [3.8, 4) is 0 Å². The van der Waals surface area contributed by atoms with Crippen LogP contribution in [-0.4, -0.2) is 46.8 Å². The SMILES string of the molecule is CCn1c(C)c(C(=O)CN(C(=O)c2ccc(F)cc2)C(C)C)c(C)c1C(=O)OC. The summed E-state index contributed by atoms with van der Waals surface area (Å²) in [7, 11) is 1.30. The summed E-state index contributed by atoms with van der Waals surface area (Å²) in [5.74, 6) is -1.56. The van der Waals surface area contributed by atoms with Crippen LogP contribution in [-0.2, 0) is 11.3 Å². The van der Waals surface area contributed by atoms with Gasteiger partial charge in [-0.1, -0.05) is 0 Å². The van der Waals surface area contributed by atoms with Crippen LogP contribution >= 0.6 is 0 Å². The summed E-state index contributed by atoms with van der Waals surface area (Å²) in [6, 6.07) is 4.98. The van der Waals surface area contributed by atoms with Gasteiger partial charge in [-0.05, 0) is 64.4 Å². The van der Waals surface area contributed by atoms with Crippen LogP contribution < -0.4 is 0 Å². The summed E-state index contributed by atoms with van der Waals surface area (Å²) in [4.78, 5) is 39.7. The van der Waals surface area contributed by atoms with Gasteiger partial charge in [0.15, 0.2) is 5.78 Å². The number of rotatable bonds is 7. The van der Waals surface area contributed by atoms with E-state index in [0.29, 0.717) is 34.6 Å². The molecule has 0 aliphatic carbocycles. The second-order valence-corrected chi connectivity index (χ2v) is 7.13. The van der Waals surface area contributed by atoms with Crippen LogP contribution in [0.3, 0.4) is 0 Å². The average Bonchev–Trinajstić information content (AvgIpc) is 2.94. The second-order valence-electron chi connectivity index (χ2n) is 7.13. The van der Waals surface area contributed by atoms with Gasteiger partial charge in [-0.25, -0.2) is 9.18 Å². The van der Waals surface area contributed by atoms with E-state index in [9.17, 15) is 18.8 Å². The molecule has 29 heavy (non-hydrogen) atoms. The number of methoxy groups -OCH3 is 1. The van der Waals surface area contributed by atoms with Crippen LogP contribution in [0.1, 0.15) is 63.2 Å². The zero-order valence-electron chi connectivity index (χ0n) is 17.7. The number of ketones is 1. The van der Waals surface area contributed by atoms with Crippen molar-refractivity contribution in [3.63, 3.8) is 0 Å². The molecular weight excluding hydrogens is 375 g/mol. The van der Waals surface area contributed by atoms with Crippen molar-refractivity contribution in [1.29, 1.82) is 0 Å². The number of nitrogens with zero attached hydrogens (tertiary/aromatic N) is 2. The molecule has 0 spiro atoms. The van der Waals surface area contributed by atoms with Crippen LogP contribution in [0.5, 0.6) is 0 Å². The van der Waals surface area contributed by atoms with Crippen LogP contribution in [0.2, 0.25) is 0 Å². The van der Waals surface area contributed by atoms with E-state index in [-0.39, 0.29) is 24.3 Å². The Kier molecular flexibility index (Phi) is 6.95. The van der Waals surface area contributed by atoms with Crippen molar-refractivity contribution in [2.45, 2.75) is 47.2 Å². The molecule has 0 N–H and O–H groups in total. The zero-order valence-corrected chi connectivity index (χ0v) is 17.7. The number of amides is 1. The molecule has 0 atom stereocenters. The fourth-order valence-corrected chi connectivity index (χ4v) is 3.54. The zero-order chi connectivity index (χ0) is 21.9. The van der Waals surface area contributed by atoms with Gasteiger partial charge < -0.3 is 14.2 Å². The number of esters is 1. The molecule has 0 aliphatic rings. The van der Waals surface area contributed by atoms with E-state index in [2.05, 4.69) is 0 Å². The highest BCUT2D eigenvalue weighted by molar-refractivity contribution is 6.06. The van der Waals surface area contributed by atoms with Crippen LogP contribution in [0, 0.1) is 19.7 Å². The Labute approximate surface area is 170 Å². The standard InChI is InChI=1S/C22H27FN2O4/c1-7-24-15(5)19(14(4)20(24)22(28)29-6)18(26)12-25(13(2)3)21(27)16-8-10-17(23)11-9-16/h8-11,13H,7,12H2,1-6H3. The molecule has 7 heteroatoms. The topological polar surface area (TPSA) is 68.6 Å². The fraction of sp³-hybridized carbons (Fsp3) is 0.409. The van der Waals surface area contributed by atoms with E-state index in [1.54, 1.807) is 18.4 Å². The number of hydrogen-bond donors (Lipinski definition) is 0. The Bertz CT molecular complexity index is 929. The Morgan fingerprint density at radius 2 is 1.72 bits per heavy atom. The maximum atomic E-state index is 13.2. The van der Waals surface area contributed by atoms with Crippen LogP contribution in [0.4, 0.5) is 4.39 Å². The molecular formula is C22H27FN2O4. The second kappa shape index (κ2) is 9.03. The quantitative estimate of drug-likeness (QED) is 0.522. The van der Waals surface area contributed by atoms with E-state index in [1.807, 2.05) is 20.8 Å². The first-order chi connectivity index (χ1) is 13.6. The number of ether oxygens (including phenoxy) is 1. The van der Waals surface area contributed by atoms with Crippen molar-refractivity contribution < 1.29 is 23.5 Å². The lowest BCUT2D eigenvalue weighted by atomic mass is 10.0. The first-order valence-electron chi connectivity index (χ1n) is 9.51. The van der Waals surface area contributed by atoms with E-state index < -0.39 is 11.8 Å². The molecule has 1 aromatic heterocycles. The smallest absolute Gasteiger partial charge is 0.354 e. The lowest BCUT2D eigenvalue weighted by Gasteiger charge is -2.26. The van der Waals surface area contributed by atoms with Crippen molar-refractivity contribution in [2.75, 3.05) is 13.7 Å². The molecule has 1 aromatic carbocycles. The van der Waals surface area contributed by atoms with Gasteiger partial charge >= 0.3 is 5.97 Å². The largest absolute Gasteiger partial charge is 0.464 e. The highest BCUT2D eigenvalue weighted by Crippen LogP contribution is 2.24. The maximum absolute atomic E-state index is 13.2. The number of aromatic nitrogens is 1. The highest BCUT2D eigenvalue weighted by Gasteiger charge is 2.29. The molecule has 0 radical (unpaired) electrons. The van der Waals surface area contributed by atoms with Gasteiger partial charge in [0.1, 0.15) is 11.5 Å². The summed E-state index contributed by atoms with van der Waals surface area (Å²) in [6.07, 6.45) is 0. The van der Waals surface area contributed by atoms with E-state index in [1.165, 1.54) is 36.3 Å². The Morgan fingerprint density at radius 3 is 2.21 bits per heavy atom. The van der Waals surface area contributed by atoms with Crippen molar-refractivity contribution in [2.24, 2.45) is 0 Å². The molecule has 1 heterocycles. The third-order valence-electron chi connectivity index (χ3n) is 5.03. The Morgan fingerprint density at radius 1 is 1.14 bits per heavy atom. The van der Waals surface area contributed by atoms with Gasteiger partial charge in [-0.3, -0.25) is 9.59 Å². The molecule has 156 valence electrons. The average molecular weight is 402 g/mol. The number of Topliss-reactive ketones (excluding diaryl/α,β-unsaturated/α-hetero) is 1. The van der Waals surface area contributed by atoms with Crippen molar-refractivity contribution in [1.82, 2.24) is 9.47 Å². The van der Waals surface area contributed by atoms with Gasteiger partial charge in [-0.15, -0.1) is 0 Å². The molecule has 0 fully saturated rings. The van der Waals surface area contributed by atoms with Gasteiger partial charge in [0.05, 0.1) is 13.7 Å². The van der Waals surface area contributed by atoms with E-state index in [0.717, 1.165) is 0 Å².